The van der Waals surface area contributed by atoms with Crippen LogP contribution in [0, 0.1) is 0 Å². The van der Waals surface area contributed by atoms with Gasteiger partial charge in [-0.1, -0.05) is 25.4 Å². The van der Waals surface area contributed by atoms with Gasteiger partial charge >= 0.3 is 0 Å². The molecule has 0 saturated carbocycles. The second-order valence-corrected chi connectivity index (χ2v) is 2.81. The van der Waals surface area contributed by atoms with Gasteiger partial charge in [0, 0.05) is 5.69 Å². The van der Waals surface area contributed by atoms with Crippen LogP contribution in [0.3, 0.4) is 0 Å². The summed E-state index contributed by atoms with van der Waals surface area (Å²) in [6.45, 7) is 4.14. The van der Waals surface area contributed by atoms with E-state index in [2.05, 4.69) is 23.8 Å². The first kappa shape index (κ1) is 7.48. The van der Waals surface area contributed by atoms with Gasteiger partial charge in [-0.25, -0.2) is 9.97 Å². The van der Waals surface area contributed by atoms with E-state index in [1.54, 1.807) is 6.07 Å². The first-order valence-corrected chi connectivity index (χ1v) is 3.55. The van der Waals surface area contributed by atoms with E-state index in [1.165, 1.54) is 6.33 Å². The zero-order valence-electron chi connectivity index (χ0n) is 6.00. The minimum absolute atomic E-state index is 0.417. The third-order valence-electron chi connectivity index (χ3n) is 1.25. The predicted molar refractivity (Wildman–Crippen MR) is 41.1 cm³/mol. The Balaban J connectivity index is 2.96. The third-order valence-corrected chi connectivity index (χ3v) is 1.45. The van der Waals surface area contributed by atoms with Gasteiger partial charge in [0.25, 0.3) is 0 Å². The van der Waals surface area contributed by atoms with Crippen molar-refractivity contribution in [1.82, 2.24) is 9.97 Å². The predicted octanol–water partition coefficient (Wildman–Crippen LogP) is 2.25. The summed E-state index contributed by atoms with van der Waals surface area (Å²) < 4.78 is 0. The van der Waals surface area contributed by atoms with E-state index < -0.39 is 0 Å². The fourth-order valence-corrected chi connectivity index (χ4v) is 0.818. The Labute approximate surface area is 65.3 Å². The molecule has 0 bridgehead atoms. The first-order valence-electron chi connectivity index (χ1n) is 3.17. The molecular formula is C7H9ClN2. The molecule has 0 aliphatic rings. The molecule has 0 aliphatic heterocycles. The van der Waals surface area contributed by atoms with E-state index >= 15 is 0 Å². The highest BCUT2D eigenvalue weighted by Gasteiger charge is 1.99. The lowest BCUT2D eigenvalue weighted by Crippen LogP contribution is -1.92. The summed E-state index contributed by atoms with van der Waals surface area (Å²) in [5.41, 5.74) is 0.986. The molecular weight excluding hydrogens is 148 g/mol. The monoisotopic (exact) mass is 156 g/mol. The number of hydrogen-bond acceptors (Lipinski definition) is 2. The molecule has 0 N–H and O–H groups in total. The van der Waals surface area contributed by atoms with Crippen molar-refractivity contribution in [2.24, 2.45) is 0 Å². The van der Waals surface area contributed by atoms with Crippen LogP contribution in [-0.4, -0.2) is 9.97 Å². The standard InChI is InChI=1S/C7H9ClN2/c1-5(2)6-3-7(8)10-4-9-6/h3-5H,1-2H3. The van der Waals surface area contributed by atoms with Crippen LogP contribution in [0.2, 0.25) is 5.15 Å². The summed E-state index contributed by atoms with van der Waals surface area (Å²) in [7, 11) is 0. The van der Waals surface area contributed by atoms with Crippen LogP contribution in [-0.2, 0) is 0 Å². The molecule has 10 heavy (non-hydrogen) atoms. The number of nitrogens with zero attached hydrogens (tertiary/aromatic N) is 2. The van der Waals surface area contributed by atoms with Gasteiger partial charge in [-0.15, -0.1) is 0 Å². The van der Waals surface area contributed by atoms with E-state index in [-0.39, 0.29) is 0 Å². The normalized spacial score (nSPS) is 10.4. The summed E-state index contributed by atoms with van der Waals surface area (Å²) in [6, 6.07) is 1.78. The molecule has 0 fully saturated rings. The summed E-state index contributed by atoms with van der Waals surface area (Å²) in [5, 5.41) is 0.513. The smallest absolute Gasteiger partial charge is 0.132 e. The molecule has 0 aliphatic carbocycles. The maximum absolute atomic E-state index is 5.64. The van der Waals surface area contributed by atoms with E-state index in [0.29, 0.717) is 11.1 Å². The molecule has 1 aromatic rings. The number of hydrogen-bond donors (Lipinski definition) is 0. The van der Waals surface area contributed by atoms with Crippen molar-refractivity contribution in [3.05, 3.63) is 23.2 Å². The zero-order valence-corrected chi connectivity index (χ0v) is 6.76. The van der Waals surface area contributed by atoms with Crippen molar-refractivity contribution in [1.29, 1.82) is 0 Å². The minimum atomic E-state index is 0.417. The van der Waals surface area contributed by atoms with Crippen LogP contribution in [0.5, 0.6) is 0 Å². The summed E-state index contributed by atoms with van der Waals surface area (Å²) in [5.74, 6) is 0.417. The van der Waals surface area contributed by atoms with Crippen LogP contribution < -0.4 is 0 Å². The molecule has 0 unspecified atom stereocenters. The molecule has 0 spiro atoms. The Morgan fingerprint density at radius 2 is 2.10 bits per heavy atom. The Bertz CT molecular complexity index is 223. The molecule has 0 atom stereocenters. The number of halogens is 1. The number of aromatic nitrogens is 2. The third kappa shape index (κ3) is 1.67. The molecule has 54 valence electrons. The molecule has 3 heteroatoms. The summed E-state index contributed by atoms with van der Waals surface area (Å²) in [4.78, 5) is 7.82. The molecule has 1 aromatic heterocycles. The van der Waals surface area contributed by atoms with Gasteiger partial charge in [-0.05, 0) is 12.0 Å². The van der Waals surface area contributed by atoms with Crippen molar-refractivity contribution in [3.63, 3.8) is 0 Å². The molecule has 1 heterocycles. The SMILES string of the molecule is CC(C)c1cc(Cl)ncn1. The van der Waals surface area contributed by atoms with Crippen molar-refractivity contribution < 1.29 is 0 Å². The van der Waals surface area contributed by atoms with Gasteiger partial charge in [0.15, 0.2) is 0 Å². The highest BCUT2D eigenvalue weighted by Crippen LogP contribution is 2.12. The molecule has 2 nitrogen and oxygen atoms in total. The van der Waals surface area contributed by atoms with Gasteiger partial charge in [0.05, 0.1) is 0 Å². The van der Waals surface area contributed by atoms with Crippen molar-refractivity contribution in [2.45, 2.75) is 19.8 Å². The maximum atomic E-state index is 5.64. The van der Waals surface area contributed by atoms with Crippen LogP contribution in [0.15, 0.2) is 12.4 Å². The quantitative estimate of drug-likeness (QED) is 0.583. The van der Waals surface area contributed by atoms with E-state index in [0.717, 1.165) is 5.69 Å². The van der Waals surface area contributed by atoms with Gasteiger partial charge in [0.1, 0.15) is 11.5 Å². The molecule has 0 amide bonds. The fourth-order valence-electron chi connectivity index (χ4n) is 0.663. The lowest BCUT2D eigenvalue weighted by Gasteiger charge is -2.01. The highest BCUT2D eigenvalue weighted by molar-refractivity contribution is 6.29. The van der Waals surface area contributed by atoms with Crippen LogP contribution >= 0.6 is 11.6 Å². The van der Waals surface area contributed by atoms with Crippen molar-refractivity contribution in [3.8, 4) is 0 Å². The van der Waals surface area contributed by atoms with Crippen molar-refractivity contribution in [2.75, 3.05) is 0 Å². The zero-order chi connectivity index (χ0) is 7.56. The molecule has 1 rings (SSSR count). The van der Waals surface area contributed by atoms with Crippen LogP contribution in [0.1, 0.15) is 25.5 Å². The topological polar surface area (TPSA) is 25.8 Å². The first-order chi connectivity index (χ1) is 4.70. The molecule has 0 aromatic carbocycles. The van der Waals surface area contributed by atoms with Gasteiger partial charge in [-0.3, -0.25) is 0 Å². The van der Waals surface area contributed by atoms with Crippen LogP contribution in [0.4, 0.5) is 0 Å². The van der Waals surface area contributed by atoms with Crippen LogP contribution in [0.25, 0.3) is 0 Å². The molecule has 0 radical (unpaired) electrons. The van der Waals surface area contributed by atoms with Gasteiger partial charge in [0.2, 0.25) is 0 Å². The van der Waals surface area contributed by atoms with E-state index in [9.17, 15) is 0 Å². The highest BCUT2D eigenvalue weighted by atomic mass is 35.5. The second-order valence-electron chi connectivity index (χ2n) is 2.42. The molecule has 0 saturated heterocycles. The fraction of sp³-hybridized carbons (Fsp3) is 0.429. The van der Waals surface area contributed by atoms with E-state index in [1.807, 2.05) is 0 Å². The summed E-state index contributed by atoms with van der Waals surface area (Å²) >= 11 is 5.64. The second kappa shape index (κ2) is 2.97. The lowest BCUT2D eigenvalue weighted by molar-refractivity contribution is 0.814. The maximum Gasteiger partial charge on any atom is 0.132 e. The van der Waals surface area contributed by atoms with E-state index in [4.69, 9.17) is 11.6 Å². The largest absolute Gasteiger partial charge is 0.241 e. The minimum Gasteiger partial charge on any atom is -0.241 e. The average molecular weight is 157 g/mol. The Morgan fingerprint density at radius 1 is 1.40 bits per heavy atom. The Hall–Kier alpha value is -0.630. The summed E-state index contributed by atoms with van der Waals surface area (Å²) in [6.07, 6.45) is 1.48. The van der Waals surface area contributed by atoms with Gasteiger partial charge < -0.3 is 0 Å². The van der Waals surface area contributed by atoms with Crippen molar-refractivity contribution >= 4 is 11.6 Å². The lowest BCUT2D eigenvalue weighted by atomic mass is 10.1. The Morgan fingerprint density at radius 3 is 2.50 bits per heavy atom. The van der Waals surface area contributed by atoms with Gasteiger partial charge in [-0.2, -0.15) is 0 Å². The number of rotatable bonds is 1. The Kier molecular flexibility index (Phi) is 2.22. The average Bonchev–Trinajstić information content (AvgIpc) is 1.88.